The van der Waals surface area contributed by atoms with Crippen LogP contribution in [-0.4, -0.2) is 47.0 Å². The molecule has 1 aliphatic rings. The summed E-state index contributed by atoms with van der Waals surface area (Å²) in [6, 6.07) is 0. The number of nitrogens with one attached hydrogen (secondary N) is 1. The molecule has 2 heterocycles. The van der Waals surface area contributed by atoms with Crippen molar-refractivity contribution in [2.75, 3.05) is 12.8 Å². The molecule has 0 atom stereocenters. The molecule has 6 nitrogen and oxygen atoms in total. The van der Waals surface area contributed by atoms with Gasteiger partial charge >= 0.3 is 7.12 Å². The first-order chi connectivity index (χ1) is 11.6. The van der Waals surface area contributed by atoms with Crippen molar-refractivity contribution in [1.29, 1.82) is 0 Å². The van der Waals surface area contributed by atoms with E-state index in [1.165, 1.54) is 18.7 Å². The lowest BCUT2D eigenvalue weighted by atomic mass is 9.77. The Balaban J connectivity index is 2.35. The predicted molar refractivity (Wildman–Crippen MR) is 102 cm³/mol. The quantitative estimate of drug-likeness (QED) is 0.365. The molecule has 1 amide bonds. The van der Waals surface area contributed by atoms with Crippen LogP contribution >= 0.6 is 23.4 Å². The second kappa shape index (κ2) is 7.66. The monoisotopic (exact) mass is 383 g/mol. The minimum atomic E-state index is -0.590. The Labute approximate surface area is 158 Å². The topological polar surface area (TPSA) is 73.3 Å². The maximum Gasteiger partial charge on any atom is 0.492 e. The molecule has 1 aromatic rings. The van der Waals surface area contributed by atoms with Gasteiger partial charge in [-0.25, -0.2) is 9.97 Å². The fraction of sp³-hybridized carbons (Fsp3) is 0.562. The van der Waals surface area contributed by atoms with Crippen molar-refractivity contribution in [2.24, 2.45) is 0 Å². The number of hydrogen-bond acceptors (Lipinski definition) is 6. The van der Waals surface area contributed by atoms with Gasteiger partial charge in [0.2, 0.25) is 5.91 Å². The molecule has 1 aliphatic heterocycles. The van der Waals surface area contributed by atoms with Gasteiger partial charge < -0.3 is 14.6 Å². The molecule has 0 aromatic carbocycles. The third-order valence-corrected chi connectivity index (χ3v) is 5.23. The van der Waals surface area contributed by atoms with Crippen molar-refractivity contribution in [1.82, 2.24) is 15.3 Å². The molecule has 0 saturated carbocycles. The van der Waals surface area contributed by atoms with Crippen LogP contribution in [0.25, 0.3) is 6.08 Å². The van der Waals surface area contributed by atoms with Crippen molar-refractivity contribution in [3.63, 3.8) is 0 Å². The Morgan fingerprint density at radius 2 is 1.96 bits per heavy atom. The summed E-state index contributed by atoms with van der Waals surface area (Å²) in [4.78, 5) is 19.8. The number of aromatic nitrogens is 2. The first kappa shape index (κ1) is 20.2. The Morgan fingerprint density at radius 1 is 1.36 bits per heavy atom. The van der Waals surface area contributed by atoms with E-state index in [0.29, 0.717) is 15.9 Å². The van der Waals surface area contributed by atoms with E-state index in [1.54, 1.807) is 6.20 Å². The van der Waals surface area contributed by atoms with Crippen LogP contribution in [0.2, 0.25) is 5.15 Å². The third kappa shape index (κ3) is 4.75. The van der Waals surface area contributed by atoms with E-state index < -0.39 is 18.3 Å². The summed E-state index contributed by atoms with van der Waals surface area (Å²) in [7, 11) is -0.590. The SMILES string of the molecule is CSc1ncc(C=C(CNC(C)=O)B2OC(C)(C)C(C)(C)O2)c(Cl)n1. The predicted octanol–water partition coefficient (Wildman–Crippen LogP) is 3.00. The smallest absolute Gasteiger partial charge is 0.400 e. The number of carbonyl (C=O) groups excluding carboxylic acids is 1. The fourth-order valence-electron chi connectivity index (χ4n) is 2.17. The van der Waals surface area contributed by atoms with Crippen LogP contribution in [0.15, 0.2) is 16.8 Å². The number of rotatable bonds is 5. The summed E-state index contributed by atoms with van der Waals surface area (Å²) >= 11 is 7.67. The Hall–Kier alpha value is -1.09. The third-order valence-electron chi connectivity index (χ3n) is 4.37. The second-order valence-corrected chi connectivity index (χ2v) is 7.95. The summed E-state index contributed by atoms with van der Waals surface area (Å²) in [5, 5.41) is 3.73. The highest BCUT2D eigenvalue weighted by molar-refractivity contribution is 7.98. The molecule has 0 unspecified atom stereocenters. The highest BCUT2D eigenvalue weighted by atomic mass is 35.5. The molecule has 136 valence electrons. The van der Waals surface area contributed by atoms with Gasteiger partial charge in [0.1, 0.15) is 5.15 Å². The molecule has 1 saturated heterocycles. The number of halogens is 1. The molecule has 0 spiro atoms. The zero-order chi connectivity index (χ0) is 18.8. The van der Waals surface area contributed by atoms with E-state index in [9.17, 15) is 4.79 Å². The Bertz CT molecular complexity index is 681. The second-order valence-electron chi connectivity index (χ2n) is 6.82. The molecular weight excluding hydrogens is 361 g/mol. The minimum Gasteiger partial charge on any atom is -0.400 e. The fourth-order valence-corrected chi connectivity index (χ4v) is 2.75. The molecule has 1 fully saturated rings. The van der Waals surface area contributed by atoms with Crippen molar-refractivity contribution in [3.8, 4) is 0 Å². The zero-order valence-corrected chi connectivity index (χ0v) is 16.9. The zero-order valence-electron chi connectivity index (χ0n) is 15.3. The van der Waals surface area contributed by atoms with Gasteiger partial charge in [0.25, 0.3) is 0 Å². The van der Waals surface area contributed by atoms with Gasteiger partial charge in [-0.2, -0.15) is 0 Å². The maximum absolute atomic E-state index is 11.3. The van der Waals surface area contributed by atoms with Gasteiger partial charge in [-0.3, -0.25) is 4.79 Å². The molecule has 0 radical (unpaired) electrons. The summed E-state index contributed by atoms with van der Waals surface area (Å²) in [5.74, 6) is -0.137. The lowest BCUT2D eigenvalue weighted by Crippen LogP contribution is -2.41. The van der Waals surface area contributed by atoms with E-state index in [4.69, 9.17) is 20.9 Å². The molecule has 1 N–H and O–H groups in total. The molecule has 25 heavy (non-hydrogen) atoms. The average molecular weight is 384 g/mol. The van der Waals surface area contributed by atoms with E-state index in [0.717, 1.165) is 5.47 Å². The van der Waals surface area contributed by atoms with Gasteiger partial charge in [-0.05, 0) is 39.4 Å². The van der Waals surface area contributed by atoms with Gasteiger partial charge in [0.15, 0.2) is 5.16 Å². The standard InChI is InChI=1S/C16H23BClN3O3S/c1-10(22)19-9-12(17-23-15(2,3)16(4,5)24-17)7-11-8-20-14(25-6)21-13(11)18/h7-8H,9H2,1-6H3,(H,19,22). The van der Waals surface area contributed by atoms with Crippen LogP contribution < -0.4 is 5.32 Å². The summed E-state index contributed by atoms with van der Waals surface area (Å²) < 4.78 is 12.2. The van der Waals surface area contributed by atoms with Crippen LogP contribution in [0.3, 0.4) is 0 Å². The van der Waals surface area contributed by atoms with Crippen LogP contribution in [-0.2, 0) is 14.1 Å². The van der Waals surface area contributed by atoms with Crippen LogP contribution in [0.4, 0.5) is 0 Å². The summed E-state index contributed by atoms with van der Waals surface area (Å²) in [6.07, 6.45) is 5.35. The lowest BCUT2D eigenvalue weighted by Gasteiger charge is -2.32. The Kier molecular flexibility index (Phi) is 6.19. The number of amides is 1. The summed E-state index contributed by atoms with van der Waals surface area (Å²) in [6.45, 7) is 9.66. The van der Waals surface area contributed by atoms with Crippen LogP contribution in [0, 0.1) is 0 Å². The maximum atomic E-state index is 11.3. The van der Waals surface area contributed by atoms with E-state index in [1.807, 2.05) is 40.0 Å². The molecule has 2 rings (SSSR count). The van der Waals surface area contributed by atoms with Gasteiger partial charge in [0.05, 0.1) is 11.2 Å². The van der Waals surface area contributed by atoms with Gasteiger partial charge in [0, 0.05) is 25.2 Å². The summed E-state index contributed by atoms with van der Waals surface area (Å²) in [5.41, 5.74) is 0.442. The molecule has 1 aromatic heterocycles. The van der Waals surface area contributed by atoms with E-state index >= 15 is 0 Å². The van der Waals surface area contributed by atoms with Crippen molar-refractivity contribution < 1.29 is 14.1 Å². The van der Waals surface area contributed by atoms with Crippen molar-refractivity contribution in [3.05, 3.63) is 22.4 Å². The van der Waals surface area contributed by atoms with Crippen molar-refractivity contribution in [2.45, 2.75) is 51.0 Å². The molecular formula is C16H23BClN3O3S. The number of hydrogen-bond donors (Lipinski definition) is 1. The minimum absolute atomic E-state index is 0.137. The van der Waals surface area contributed by atoms with Crippen LogP contribution in [0.1, 0.15) is 40.2 Å². The van der Waals surface area contributed by atoms with Crippen molar-refractivity contribution >= 4 is 42.5 Å². The average Bonchev–Trinajstić information content (AvgIpc) is 2.72. The molecule has 9 heteroatoms. The van der Waals surface area contributed by atoms with E-state index in [-0.39, 0.29) is 12.5 Å². The molecule has 0 aliphatic carbocycles. The highest BCUT2D eigenvalue weighted by Crippen LogP contribution is 2.38. The Morgan fingerprint density at radius 3 is 2.44 bits per heavy atom. The number of carbonyl (C=O) groups is 1. The normalized spacial score (nSPS) is 19.2. The van der Waals surface area contributed by atoms with Gasteiger partial charge in [-0.1, -0.05) is 29.4 Å². The molecule has 0 bridgehead atoms. The van der Waals surface area contributed by atoms with Crippen LogP contribution in [0.5, 0.6) is 0 Å². The number of thioether (sulfide) groups is 1. The van der Waals surface area contributed by atoms with E-state index in [2.05, 4.69) is 15.3 Å². The lowest BCUT2D eigenvalue weighted by molar-refractivity contribution is -0.118. The highest BCUT2D eigenvalue weighted by Gasteiger charge is 2.52. The largest absolute Gasteiger partial charge is 0.492 e. The first-order valence-electron chi connectivity index (χ1n) is 7.93. The van der Waals surface area contributed by atoms with Gasteiger partial charge in [-0.15, -0.1) is 0 Å². The first-order valence-corrected chi connectivity index (χ1v) is 9.53. The number of nitrogens with zero attached hydrogens (tertiary/aromatic N) is 2.